The van der Waals surface area contributed by atoms with Crippen molar-refractivity contribution >= 4 is 17.8 Å². The van der Waals surface area contributed by atoms with E-state index in [1.165, 1.54) is 0 Å². The van der Waals surface area contributed by atoms with Crippen LogP contribution in [-0.2, 0) is 14.4 Å². The summed E-state index contributed by atoms with van der Waals surface area (Å²) in [7, 11) is 0. The number of hydrogen-bond donors (Lipinski definition) is 1. The van der Waals surface area contributed by atoms with Crippen molar-refractivity contribution in [3.05, 3.63) is 0 Å². The van der Waals surface area contributed by atoms with Crippen LogP contribution in [-0.4, -0.2) is 33.3 Å². The molecule has 3 aliphatic rings. The van der Waals surface area contributed by atoms with Crippen molar-refractivity contribution in [3.63, 3.8) is 0 Å². The summed E-state index contributed by atoms with van der Waals surface area (Å²) >= 11 is 0. The summed E-state index contributed by atoms with van der Waals surface area (Å²) in [4.78, 5) is 38.1. The van der Waals surface area contributed by atoms with Gasteiger partial charge in [0.25, 0.3) is 0 Å². The van der Waals surface area contributed by atoms with Crippen LogP contribution in [0, 0.1) is 5.41 Å². The molecule has 0 aromatic heterocycles. The van der Waals surface area contributed by atoms with Crippen molar-refractivity contribution in [2.24, 2.45) is 5.41 Å². The molecule has 0 aromatic rings. The first-order valence-electron chi connectivity index (χ1n) is 7.63. The number of rotatable bonds is 2. The number of carbonyl (C=O) groups is 3. The van der Waals surface area contributed by atoms with Crippen LogP contribution in [0.4, 0.5) is 0 Å². The van der Waals surface area contributed by atoms with E-state index in [-0.39, 0.29) is 18.2 Å². The van der Waals surface area contributed by atoms with Crippen LogP contribution >= 0.6 is 0 Å². The van der Waals surface area contributed by atoms with Gasteiger partial charge in [-0.15, -0.1) is 0 Å². The molecule has 1 spiro atoms. The highest BCUT2D eigenvalue weighted by Gasteiger charge is 2.60. The minimum Gasteiger partial charge on any atom is -0.479 e. The molecule has 5 nitrogen and oxygen atoms in total. The lowest BCUT2D eigenvalue weighted by molar-refractivity contribution is -0.164. The Morgan fingerprint density at radius 3 is 2.05 bits per heavy atom. The Kier molecular flexibility index (Phi) is 3.10. The molecule has 1 saturated heterocycles. The van der Waals surface area contributed by atoms with Gasteiger partial charge in [0.15, 0.2) is 0 Å². The summed E-state index contributed by atoms with van der Waals surface area (Å²) < 4.78 is 0. The lowest BCUT2D eigenvalue weighted by Gasteiger charge is -2.36. The van der Waals surface area contributed by atoms with E-state index in [0.29, 0.717) is 12.8 Å². The van der Waals surface area contributed by atoms with E-state index in [0.717, 1.165) is 49.8 Å². The van der Waals surface area contributed by atoms with Gasteiger partial charge in [0.05, 0.1) is 5.41 Å². The molecule has 2 amide bonds. The summed E-state index contributed by atoms with van der Waals surface area (Å²) in [5.41, 5.74) is -1.84. The third-order valence-corrected chi connectivity index (χ3v) is 5.46. The maximum absolute atomic E-state index is 12.8. The fraction of sp³-hybridized carbons (Fsp3) is 0.800. The zero-order chi connectivity index (χ0) is 14.4. The molecular weight excluding hydrogens is 258 g/mol. The van der Waals surface area contributed by atoms with E-state index in [9.17, 15) is 19.5 Å². The summed E-state index contributed by atoms with van der Waals surface area (Å²) in [6.45, 7) is 0. The maximum Gasteiger partial charge on any atom is 0.330 e. The lowest BCUT2D eigenvalue weighted by atomic mass is 9.73. The number of nitrogens with zero attached hydrogens (tertiary/aromatic N) is 1. The minimum atomic E-state index is -1.25. The van der Waals surface area contributed by atoms with Crippen molar-refractivity contribution in [3.8, 4) is 0 Å². The van der Waals surface area contributed by atoms with Gasteiger partial charge in [0.1, 0.15) is 5.54 Å². The highest BCUT2D eigenvalue weighted by Crippen LogP contribution is 2.49. The molecule has 5 heteroatoms. The second kappa shape index (κ2) is 4.57. The van der Waals surface area contributed by atoms with E-state index >= 15 is 0 Å². The Bertz CT molecular complexity index is 458. The second-order valence-electron chi connectivity index (χ2n) is 6.60. The van der Waals surface area contributed by atoms with E-state index in [4.69, 9.17) is 0 Å². The van der Waals surface area contributed by atoms with Crippen LogP contribution in [0.5, 0.6) is 0 Å². The molecule has 110 valence electrons. The summed E-state index contributed by atoms with van der Waals surface area (Å²) in [5.74, 6) is -1.47. The molecule has 2 saturated carbocycles. The number of aliphatic carboxylic acids is 1. The third kappa shape index (κ3) is 1.71. The molecule has 0 aromatic carbocycles. The normalized spacial score (nSPS) is 28.3. The average molecular weight is 279 g/mol. The highest BCUT2D eigenvalue weighted by molar-refractivity contribution is 6.09. The average Bonchev–Trinajstić information content (AvgIpc) is 2.97. The third-order valence-electron chi connectivity index (χ3n) is 5.46. The Hall–Kier alpha value is -1.39. The smallest absolute Gasteiger partial charge is 0.330 e. The highest BCUT2D eigenvalue weighted by atomic mass is 16.4. The number of likely N-dealkylation sites (tertiary alicyclic amines) is 1. The summed E-state index contributed by atoms with van der Waals surface area (Å²) in [5, 5.41) is 9.60. The number of carbonyl (C=O) groups excluding carboxylic acids is 2. The van der Waals surface area contributed by atoms with Gasteiger partial charge in [-0.2, -0.15) is 0 Å². The Balaban J connectivity index is 1.95. The number of carboxylic acid groups (broad SMARTS) is 1. The zero-order valence-electron chi connectivity index (χ0n) is 11.7. The van der Waals surface area contributed by atoms with E-state index in [2.05, 4.69) is 0 Å². The Morgan fingerprint density at radius 1 is 0.950 bits per heavy atom. The van der Waals surface area contributed by atoms with Crippen molar-refractivity contribution < 1.29 is 19.5 Å². The van der Waals surface area contributed by atoms with Crippen molar-refractivity contribution in [2.45, 2.75) is 69.7 Å². The molecule has 1 N–H and O–H groups in total. The van der Waals surface area contributed by atoms with Gasteiger partial charge in [0, 0.05) is 6.42 Å². The molecule has 0 unspecified atom stereocenters. The quantitative estimate of drug-likeness (QED) is 0.785. The van der Waals surface area contributed by atoms with E-state index < -0.39 is 16.9 Å². The SMILES string of the molecule is O=C1CC2(CCCCC2)C(=O)N1C1(C(=O)O)CCCC1. The van der Waals surface area contributed by atoms with Gasteiger partial charge >= 0.3 is 5.97 Å². The summed E-state index contributed by atoms with van der Waals surface area (Å²) in [6.07, 6.45) is 7.11. The molecule has 0 atom stereocenters. The largest absolute Gasteiger partial charge is 0.479 e. The minimum absolute atomic E-state index is 0.202. The van der Waals surface area contributed by atoms with Crippen LogP contribution in [0.1, 0.15) is 64.2 Å². The zero-order valence-corrected chi connectivity index (χ0v) is 11.7. The van der Waals surface area contributed by atoms with Crippen molar-refractivity contribution in [1.29, 1.82) is 0 Å². The number of hydrogen-bond acceptors (Lipinski definition) is 3. The van der Waals surface area contributed by atoms with Crippen LogP contribution < -0.4 is 0 Å². The lowest BCUT2D eigenvalue weighted by Crippen LogP contribution is -2.56. The van der Waals surface area contributed by atoms with E-state index in [1.807, 2.05) is 0 Å². The van der Waals surface area contributed by atoms with Gasteiger partial charge in [-0.3, -0.25) is 14.5 Å². The topological polar surface area (TPSA) is 74.7 Å². The molecule has 0 bridgehead atoms. The second-order valence-corrected chi connectivity index (χ2v) is 6.60. The number of amides is 2. The molecule has 1 heterocycles. The predicted octanol–water partition coefficient (Wildman–Crippen LogP) is 2.09. The number of imide groups is 1. The van der Waals surface area contributed by atoms with Crippen LogP contribution in [0.3, 0.4) is 0 Å². The van der Waals surface area contributed by atoms with Gasteiger partial charge in [-0.1, -0.05) is 32.1 Å². The van der Waals surface area contributed by atoms with Crippen LogP contribution in [0.25, 0.3) is 0 Å². The van der Waals surface area contributed by atoms with E-state index in [1.54, 1.807) is 0 Å². The van der Waals surface area contributed by atoms with Gasteiger partial charge < -0.3 is 5.11 Å². The predicted molar refractivity (Wildman–Crippen MR) is 70.8 cm³/mol. The molecule has 3 fully saturated rings. The van der Waals surface area contributed by atoms with Crippen molar-refractivity contribution in [2.75, 3.05) is 0 Å². The van der Waals surface area contributed by atoms with Gasteiger partial charge in [-0.25, -0.2) is 4.79 Å². The first kappa shape index (κ1) is 13.6. The first-order valence-corrected chi connectivity index (χ1v) is 7.63. The van der Waals surface area contributed by atoms with Crippen LogP contribution in [0.15, 0.2) is 0 Å². The molecule has 2 aliphatic carbocycles. The van der Waals surface area contributed by atoms with Crippen LogP contribution in [0.2, 0.25) is 0 Å². The fourth-order valence-electron chi connectivity index (χ4n) is 4.34. The first-order chi connectivity index (χ1) is 9.52. The van der Waals surface area contributed by atoms with Gasteiger partial charge in [0.2, 0.25) is 11.8 Å². The molecule has 1 aliphatic heterocycles. The Labute approximate surface area is 118 Å². The maximum atomic E-state index is 12.8. The number of carboxylic acids is 1. The fourth-order valence-corrected chi connectivity index (χ4v) is 4.34. The van der Waals surface area contributed by atoms with Crippen molar-refractivity contribution in [1.82, 2.24) is 4.90 Å². The molecule has 3 rings (SSSR count). The molecule has 0 radical (unpaired) electrons. The molecule has 20 heavy (non-hydrogen) atoms. The monoisotopic (exact) mass is 279 g/mol. The Morgan fingerprint density at radius 2 is 1.50 bits per heavy atom. The summed E-state index contributed by atoms with van der Waals surface area (Å²) in [6, 6.07) is 0. The standard InChI is InChI=1S/C15H21NO4/c17-11-10-14(6-2-1-3-7-14)12(18)16(11)15(13(19)20)8-4-5-9-15/h1-10H2,(H,19,20). The molecular formula is C15H21NO4. The van der Waals surface area contributed by atoms with Gasteiger partial charge in [-0.05, 0) is 25.7 Å².